The molecule has 0 spiro atoms. The van der Waals surface area contributed by atoms with Crippen LogP contribution in [0.25, 0.3) is 0 Å². The van der Waals surface area contributed by atoms with E-state index in [0.717, 1.165) is 5.69 Å². The van der Waals surface area contributed by atoms with Crippen molar-refractivity contribution in [1.29, 1.82) is 0 Å². The number of carbonyl (C=O) groups is 2. The molecule has 0 aliphatic rings. The first-order valence-electron chi connectivity index (χ1n) is 6.94. The third-order valence-electron chi connectivity index (χ3n) is 2.93. The molecular weight excluding hydrogens is 272 g/mol. The van der Waals surface area contributed by atoms with Gasteiger partial charge in [0.1, 0.15) is 0 Å². The minimum absolute atomic E-state index is 0.00268. The molecule has 7 heteroatoms. The number of carboxylic acid groups (broad SMARTS) is 1. The van der Waals surface area contributed by atoms with Gasteiger partial charge in [-0.05, 0) is 27.2 Å². The standard InChI is InChI=1S/C14H22N4O3/c1-10(2)18(6-4-5-13(19)20)14(21)17-9-12-8-15-11(3)7-16-12/h7-8,10H,4-6,9H2,1-3H3,(H,17,21)(H,19,20). The third-order valence-corrected chi connectivity index (χ3v) is 2.93. The van der Waals surface area contributed by atoms with Crippen molar-refractivity contribution in [3.05, 3.63) is 23.8 Å². The molecule has 0 fully saturated rings. The highest BCUT2D eigenvalue weighted by Crippen LogP contribution is 2.03. The molecule has 116 valence electrons. The normalized spacial score (nSPS) is 10.5. The first-order valence-corrected chi connectivity index (χ1v) is 6.94. The zero-order valence-electron chi connectivity index (χ0n) is 12.7. The van der Waals surface area contributed by atoms with E-state index < -0.39 is 5.97 Å². The van der Waals surface area contributed by atoms with E-state index >= 15 is 0 Å². The van der Waals surface area contributed by atoms with E-state index in [1.165, 1.54) is 0 Å². The van der Waals surface area contributed by atoms with Crippen LogP contribution in [0.15, 0.2) is 12.4 Å². The van der Waals surface area contributed by atoms with Crippen LogP contribution < -0.4 is 5.32 Å². The van der Waals surface area contributed by atoms with Gasteiger partial charge in [-0.1, -0.05) is 0 Å². The van der Waals surface area contributed by atoms with E-state index in [1.54, 1.807) is 17.3 Å². The van der Waals surface area contributed by atoms with Crippen LogP contribution in [-0.2, 0) is 11.3 Å². The maximum Gasteiger partial charge on any atom is 0.317 e. The fourth-order valence-corrected chi connectivity index (χ4v) is 1.77. The number of nitrogens with one attached hydrogen (secondary N) is 1. The van der Waals surface area contributed by atoms with Crippen molar-refractivity contribution >= 4 is 12.0 Å². The molecule has 2 amide bonds. The van der Waals surface area contributed by atoms with Crippen LogP contribution in [0.5, 0.6) is 0 Å². The van der Waals surface area contributed by atoms with Crippen molar-refractivity contribution in [3.63, 3.8) is 0 Å². The zero-order chi connectivity index (χ0) is 15.8. The first-order chi connectivity index (χ1) is 9.90. The second-order valence-electron chi connectivity index (χ2n) is 5.09. The number of nitrogens with zero attached hydrogens (tertiary/aromatic N) is 3. The maximum atomic E-state index is 12.1. The average molecular weight is 294 g/mol. The molecule has 0 radical (unpaired) electrons. The highest BCUT2D eigenvalue weighted by Gasteiger charge is 2.16. The molecule has 0 aliphatic heterocycles. The van der Waals surface area contributed by atoms with E-state index in [2.05, 4.69) is 15.3 Å². The van der Waals surface area contributed by atoms with E-state index in [0.29, 0.717) is 25.2 Å². The number of carbonyl (C=O) groups excluding carboxylic acids is 1. The van der Waals surface area contributed by atoms with Crippen molar-refractivity contribution in [2.45, 2.75) is 46.2 Å². The van der Waals surface area contributed by atoms with Crippen LogP contribution in [0, 0.1) is 6.92 Å². The van der Waals surface area contributed by atoms with E-state index in [1.807, 2.05) is 20.8 Å². The van der Waals surface area contributed by atoms with E-state index in [-0.39, 0.29) is 18.5 Å². The second kappa shape index (κ2) is 8.18. The highest BCUT2D eigenvalue weighted by atomic mass is 16.4. The summed E-state index contributed by atoms with van der Waals surface area (Å²) in [5.74, 6) is -0.853. The van der Waals surface area contributed by atoms with Gasteiger partial charge in [-0.25, -0.2) is 4.79 Å². The zero-order valence-corrected chi connectivity index (χ0v) is 12.7. The summed E-state index contributed by atoms with van der Waals surface area (Å²) >= 11 is 0. The molecule has 0 bridgehead atoms. The Hall–Kier alpha value is -2.18. The molecule has 2 N–H and O–H groups in total. The molecule has 0 aromatic carbocycles. The summed E-state index contributed by atoms with van der Waals surface area (Å²) in [6, 6.07) is -0.222. The van der Waals surface area contributed by atoms with Gasteiger partial charge in [0.25, 0.3) is 0 Å². The van der Waals surface area contributed by atoms with Crippen LogP contribution in [0.3, 0.4) is 0 Å². The predicted molar refractivity (Wildman–Crippen MR) is 77.7 cm³/mol. The summed E-state index contributed by atoms with van der Waals surface area (Å²) < 4.78 is 0. The number of amides is 2. The Morgan fingerprint density at radius 3 is 2.57 bits per heavy atom. The summed E-state index contributed by atoms with van der Waals surface area (Å²) in [5.41, 5.74) is 1.51. The lowest BCUT2D eigenvalue weighted by molar-refractivity contribution is -0.137. The number of carboxylic acids is 1. The number of aromatic nitrogens is 2. The SMILES string of the molecule is Cc1cnc(CNC(=O)N(CCCC(=O)O)C(C)C)cn1. The van der Waals surface area contributed by atoms with Gasteiger partial charge in [0.2, 0.25) is 0 Å². The Morgan fingerprint density at radius 1 is 1.33 bits per heavy atom. The summed E-state index contributed by atoms with van der Waals surface area (Å²) in [7, 11) is 0. The van der Waals surface area contributed by atoms with Crippen LogP contribution in [0.1, 0.15) is 38.1 Å². The number of aryl methyl sites for hydroxylation is 1. The van der Waals surface area contributed by atoms with E-state index in [9.17, 15) is 9.59 Å². The molecule has 0 saturated carbocycles. The molecular formula is C14H22N4O3. The van der Waals surface area contributed by atoms with Gasteiger partial charge in [0, 0.05) is 25.2 Å². The Kier molecular flexibility index (Phi) is 6.58. The molecule has 0 unspecified atom stereocenters. The first kappa shape index (κ1) is 16.9. The van der Waals surface area contributed by atoms with E-state index in [4.69, 9.17) is 5.11 Å². The average Bonchev–Trinajstić information content (AvgIpc) is 2.42. The van der Waals surface area contributed by atoms with Crippen LogP contribution >= 0.6 is 0 Å². The minimum atomic E-state index is -0.853. The van der Waals surface area contributed by atoms with Crippen molar-refractivity contribution in [2.24, 2.45) is 0 Å². The maximum absolute atomic E-state index is 12.1. The van der Waals surface area contributed by atoms with Gasteiger partial charge in [-0.3, -0.25) is 14.8 Å². The fourth-order valence-electron chi connectivity index (χ4n) is 1.77. The Labute approximate surface area is 124 Å². The monoisotopic (exact) mass is 294 g/mol. The molecule has 0 aliphatic carbocycles. The number of hydrogen-bond donors (Lipinski definition) is 2. The summed E-state index contributed by atoms with van der Waals surface area (Å²) in [4.78, 5) is 32.5. The van der Waals surface area contributed by atoms with Crippen LogP contribution in [0.2, 0.25) is 0 Å². The third kappa shape index (κ3) is 6.20. The topological polar surface area (TPSA) is 95.4 Å². The van der Waals surface area contributed by atoms with Gasteiger partial charge in [-0.15, -0.1) is 0 Å². The van der Waals surface area contributed by atoms with Crippen molar-refractivity contribution in [1.82, 2.24) is 20.2 Å². The molecule has 1 heterocycles. The molecule has 1 aromatic rings. The van der Waals surface area contributed by atoms with Gasteiger partial charge in [0.15, 0.2) is 0 Å². The Bertz CT molecular complexity index is 474. The number of aliphatic carboxylic acids is 1. The van der Waals surface area contributed by atoms with Crippen molar-refractivity contribution in [2.75, 3.05) is 6.54 Å². The molecule has 0 atom stereocenters. The summed E-state index contributed by atoms with van der Waals surface area (Å²) in [5, 5.41) is 11.4. The van der Waals surface area contributed by atoms with Crippen molar-refractivity contribution in [3.8, 4) is 0 Å². The van der Waals surface area contributed by atoms with Crippen molar-refractivity contribution < 1.29 is 14.7 Å². The molecule has 0 saturated heterocycles. The van der Waals surface area contributed by atoms with Gasteiger partial charge >= 0.3 is 12.0 Å². The Morgan fingerprint density at radius 2 is 2.05 bits per heavy atom. The quantitative estimate of drug-likeness (QED) is 0.796. The smallest absolute Gasteiger partial charge is 0.317 e. The van der Waals surface area contributed by atoms with Gasteiger partial charge in [-0.2, -0.15) is 0 Å². The molecule has 7 nitrogen and oxygen atoms in total. The lowest BCUT2D eigenvalue weighted by Crippen LogP contribution is -2.44. The second-order valence-corrected chi connectivity index (χ2v) is 5.09. The highest BCUT2D eigenvalue weighted by molar-refractivity contribution is 5.74. The summed E-state index contributed by atoms with van der Waals surface area (Å²) in [6.45, 7) is 6.35. The largest absolute Gasteiger partial charge is 0.481 e. The molecule has 1 aromatic heterocycles. The molecule has 1 rings (SSSR count). The number of urea groups is 1. The minimum Gasteiger partial charge on any atom is -0.481 e. The fraction of sp³-hybridized carbons (Fsp3) is 0.571. The number of hydrogen-bond acceptors (Lipinski definition) is 4. The Balaban J connectivity index is 2.48. The predicted octanol–water partition coefficient (Wildman–Crippen LogP) is 1.57. The molecule has 21 heavy (non-hydrogen) atoms. The van der Waals surface area contributed by atoms with Crippen LogP contribution in [0.4, 0.5) is 4.79 Å². The lowest BCUT2D eigenvalue weighted by atomic mass is 10.2. The lowest BCUT2D eigenvalue weighted by Gasteiger charge is -2.26. The van der Waals surface area contributed by atoms with Gasteiger partial charge < -0.3 is 15.3 Å². The van der Waals surface area contributed by atoms with Gasteiger partial charge in [0.05, 0.1) is 24.1 Å². The van der Waals surface area contributed by atoms with Crippen LogP contribution in [-0.4, -0.2) is 44.6 Å². The summed E-state index contributed by atoms with van der Waals surface area (Å²) in [6.07, 6.45) is 3.76. The number of rotatable bonds is 7.